The van der Waals surface area contributed by atoms with Crippen molar-refractivity contribution >= 4 is 0 Å². The van der Waals surface area contributed by atoms with Crippen molar-refractivity contribution < 1.29 is 14.9 Å². The Morgan fingerprint density at radius 2 is 2.24 bits per heavy atom. The van der Waals surface area contributed by atoms with Crippen LogP contribution in [0.1, 0.15) is 13.2 Å². The Labute approximate surface area is 96.3 Å². The van der Waals surface area contributed by atoms with Crippen LogP contribution in [0.2, 0.25) is 0 Å². The number of aromatic nitrogens is 2. The molecule has 0 spiro atoms. The summed E-state index contributed by atoms with van der Waals surface area (Å²) < 4.78 is 6.58. The number of nitrogens with one attached hydrogen (secondary N) is 1. The first-order chi connectivity index (χ1) is 8.04. The zero-order valence-electron chi connectivity index (χ0n) is 9.24. The highest BCUT2D eigenvalue weighted by atomic mass is 16.5. The minimum atomic E-state index is -0.844. The van der Waals surface area contributed by atoms with Crippen LogP contribution in [0.4, 0.5) is 0 Å². The molecule has 2 heterocycles. The molecule has 1 aromatic heterocycles. The van der Waals surface area contributed by atoms with E-state index >= 15 is 0 Å². The second kappa shape index (κ2) is 4.44. The SMILES string of the molecule is CC1C(n2ccc(=O)[nH]c2=O)OC(CO)[C@H]1O. The number of rotatable bonds is 2. The van der Waals surface area contributed by atoms with Gasteiger partial charge in [0.05, 0.1) is 12.7 Å². The molecule has 0 bridgehead atoms. The fourth-order valence-electron chi connectivity index (χ4n) is 1.99. The monoisotopic (exact) mass is 242 g/mol. The van der Waals surface area contributed by atoms with Crippen LogP contribution in [-0.2, 0) is 4.74 Å². The van der Waals surface area contributed by atoms with Gasteiger partial charge in [-0.05, 0) is 0 Å². The summed E-state index contributed by atoms with van der Waals surface area (Å²) in [6, 6.07) is 1.20. The maximum absolute atomic E-state index is 11.6. The molecule has 0 saturated carbocycles. The van der Waals surface area contributed by atoms with Crippen molar-refractivity contribution in [2.45, 2.75) is 25.4 Å². The lowest BCUT2D eigenvalue weighted by molar-refractivity contribution is -0.0477. The van der Waals surface area contributed by atoms with Gasteiger partial charge in [-0.3, -0.25) is 14.3 Å². The number of aliphatic hydroxyl groups excluding tert-OH is 2. The highest BCUT2D eigenvalue weighted by molar-refractivity contribution is 4.91. The second-order valence-electron chi connectivity index (χ2n) is 4.11. The number of hydrogen-bond donors (Lipinski definition) is 3. The summed E-state index contributed by atoms with van der Waals surface area (Å²) >= 11 is 0. The summed E-state index contributed by atoms with van der Waals surface area (Å²) in [5.74, 6) is -0.351. The van der Waals surface area contributed by atoms with Crippen LogP contribution in [0, 0.1) is 5.92 Å². The minimum absolute atomic E-state index is 0.319. The van der Waals surface area contributed by atoms with E-state index in [0.29, 0.717) is 0 Å². The van der Waals surface area contributed by atoms with Crippen LogP contribution in [0.15, 0.2) is 21.9 Å². The number of ether oxygens (including phenoxy) is 1. The molecule has 17 heavy (non-hydrogen) atoms. The van der Waals surface area contributed by atoms with E-state index in [1.807, 2.05) is 0 Å². The Morgan fingerprint density at radius 1 is 1.53 bits per heavy atom. The molecule has 4 atom stereocenters. The Kier molecular flexibility index (Phi) is 3.14. The van der Waals surface area contributed by atoms with Crippen LogP contribution in [0.5, 0.6) is 0 Å². The van der Waals surface area contributed by atoms with Gasteiger partial charge in [0.25, 0.3) is 5.56 Å². The molecule has 7 nitrogen and oxygen atoms in total. The van der Waals surface area contributed by atoms with Crippen LogP contribution >= 0.6 is 0 Å². The summed E-state index contributed by atoms with van der Waals surface area (Å²) in [6.07, 6.45) is -0.932. The summed E-state index contributed by atoms with van der Waals surface area (Å²) in [5.41, 5.74) is -1.09. The molecular formula is C10H14N2O5. The summed E-state index contributed by atoms with van der Waals surface area (Å²) in [5, 5.41) is 18.8. The fraction of sp³-hybridized carbons (Fsp3) is 0.600. The van der Waals surface area contributed by atoms with Gasteiger partial charge >= 0.3 is 5.69 Å². The van der Waals surface area contributed by atoms with Gasteiger partial charge in [-0.2, -0.15) is 0 Å². The first-order valence-electron chi connectivity index (χ1n) is 5.30. The Hall–Kier alpha value is -1.44. The van der Waals surface area contributed by atoms with Gasteiger partial charge in [0.15, 0.2) is 0 Å². The van der Waals surface area contributed by atoms with E-state index in [4.69, 9.17) is 9.84 Å². The molecule has 1 fully saturated rings. The van der Waals surface area contributed by atoms with Crippen molar-refractivity contribution in [2.24, 2.45) is 5.92 Å². The number of H-pyrrole nitrogens is 1. The van der Waals surface area contributed by atoms with Crippen LogP contribution in [-0.4, -0.2) is 38.6 Å². The van der Waals surface area contributed by atoms with Crippen molar-refractivity contribution in [1.29, 1.82) is 0 Å². The van der Waals surface area contributed by atoms with E-state index in [1.54, 1.807) is 6.92 Å². The number of nitrogens with zero attached hydrogens (tertiary/aromatic N) is 1. The minimum Gasteiger partial charge on any atom is -0.394 e. The molecule has 0 aliphatic carbocycles. The third-order valence-electron chi connectivity index (χ3n) is 2.99. The number of aromatic amines is 1. The molecule has 2 rings (SSSR count). The Balaban J connectivity index is 2.35. The van der Waals surface area contributed by atoms with Crippen LogP contribution < -0.4 is 11.2 Å². The molecular weight excluding hydrogens is 228 g/mol. The molecule has 0 aromatic carbocycles. The standard InChI is InChI=1S/C10H14N2O5/c1-5-8(15)6(4-13)17-9(5)12-3-2-7(14)11-10(12)16/h2-3,5-6,8-9,13,15H,4H2,1H3,(H,11,14,16)/t5?,6?,8-,9?/m0/s1. The molecule has 0 radical (unpaired) electrons. The second-order valence-corrected chi connectivity index (χ2v) is 4.11. The van der Waals surface area contributed by atoms with E-state index in [2.05, 4.69) is 4.98 Å². The zero-order chi connectivity index (χ0) is 12.6. The lowest BCUT2D eigenvalue weighted by Crippen LogP contribution is -2.33. The lowest BCUT2D eigenvalue weighted by Gasteiger charge is -2.17. The van der Waals surface area contributed by atoms with Crippen molar-refractivity contribution in [3.05, 3.63) is 33.1 Å². The zero-order valence-corrected chi connectivity index (χ0v) is 9.24. The van der Waals surface area contributed by atoms with Crippen molar-refractivity contribution in [1.82, 2.24) is 9.55 Å². The first-order valence-corrected chi connectivity index (χ1v) is 5.30. The molecule has 1 aromatic rings. The van der Waals surface area contributed by atoms with E-state index in [0.717, 1.165) is 0 Å². The predicted octanol–water partition coefficient (Wildman–Crippen LogP) is -1.58. The summed E-state index contributed by atoms with van der Waals surface area (Å²) in [6.45, 7) is 1.39. The molecule has 1 saturated heterocycles. The molecule has 1 aliphatic heterocycles. The topological polar surface area (TPSA) is 105 Å². The Morgan fingerprint density at radius 3 is 2.76 bits per heavy atom. The van der Waals surface area contributed by atoms with Gasteiger partial charge in [-0.25, -0.2) is 4.79 Å². The molecule has 7 heteroatoms. The third-order valence-corrected chi connectivity index (χ3v) is 2.99. The maximum Gasteiger partial charge on any atom is 0.330 e. The predicted molar refractivity (Wildman–Crippen MR) is 57.5 cm³/mol. The van der Waals surface area contributed by atoms with Crippen LogP contribution in [0.25, 0.3) is 0 Å². The molecule has 3 N–H and O–H groups in total. The molecule has 0 amide bonds. The average Bonchev–Trinajstić information content (AvgIpc) is 2.57. The number of aliphatic hydroxyl groups is 2. The number of hydrogen-bond acceptors (Lipinski definition) is 5. The van der Waals surface area contributed by atoms with Crippen molar-refractivity contribution in [2.75, 3.05) is 6.61 Å². The van der Waals surface area contributed by atoms with Gasteiger partial charge in [0, 0.05) is 18.2 Å². The summed E-state index contributed by atoms with van der Waals surface area (Å²) in [7, 11) is 0. The van der Waals surface area contributed by atoms with Gasteiger partial charge in [0.1, 0.15) is 12.3 Å². The largest absolute Gasteiger partial charge is 0.394 e. The average molecular weight is 242 g/mol. The van der Waals surface area contributed by atoms with Crippen LogP contribution in [0.3, 0.4) is 0 Å². The highest BCUT2D eigenvalue weighted by Gasteiger charge is 2.41. The smallest absolute Gasteiger partial charge is 0.330 e. The summed E-state index contributed by atoms with van der Waals surface area (Å²) in [4.78, 5) is 24.6. The van der Waals surface area contributed by atoms with E-state index in [1.165, 1.54) is 16.8 Å². The quantitative estimate of drug-likeness (QED) is 0.580. The normalized spacial score (nSPS) is 32.9. The highest BCUT2D eigenvalue weighted by Crippen LogP contribution is 2.32. The first kappa shape index (κ1) is 12.0. The molecule has 1 aliphatic rings. The van der Waals surface area contributed by atoms with Crippen molar-refractivity contribution in [3.63, 3.8) is 0 Å². The molecule has 3 unspecified atom stereocenters. The van der Waals surface area contributed by atoms with Gasteiger partial charge in [-0.1, -0.05) is 6.92 Å². The van der Waals surface area contributed by atoms with E-state index < -0.39 is 29.7 Å². The fourth-order valence-corrected chi connectivity index (χ4v) is 1.99. The Bertz CT molecular complexity index is 508. The van der Waals surface area contributed by atoms with E-state index in [-0.39, 0.29) is 12.5 Å². The maximum atomic E-state index is 11.6. The lowest BCUT2D eigenvalue weighted by atomic mass is 10.0. The van der Waals surface area contributed by atoms with Crippen molar-refractivity contribution in [3.8, 4) is 0 Å². The van der Waals surface area contributed by atoms with Gasteiger partial charge in [0.2, 0.25) is 0 Å². The van der Waals surface area contributed by atoms with E-state index in [9.17, 15) is 14.7 Å². The van der Waals surface area contributed by atoms with Gasteiger partial charge < -0.3 is 14.9 Å². The van der Waals surface area contributed by atoms with Gasteiger partial charge in [-0.15, -0.1) is 0 Å². The molecule has 94 valence electrons. The third kappa shape index (κ3) is 2.04.